The minimum Gasteiger partial charge on any atom is -0.489 e. The van der Waals surface area contributed by atoms with Gasteiger partial charge in [0, 0.05) is 0 Å². The summed E-state index contributed by atoms with van der Waals surface area (Å²) >= 11 is 0. The number of carbonyl (C=O) groups is 1. The van der Waals surface area contributed by atoms with Crippen LogP contribution >= 0.6 is 0 Å². The van der Waals surface area contributed by atoms with Crippen LogP contribution in [0.4, 0.5) is 0 Å². The van der Waals surface area contributed by atoms with E-state index in [1.54, 1.807) is 18.2 Å². The summed E-state index contributed by atoms with van der Waals surface area (Å²) in [5.74, 6) is -0.300. The number of allylic oxidation sites excluding steroid dienone is 2. The maximum Gasteiger partial charge on any atom is 0.335 e. The van der Waals surface area contributed by atoms with E-state index in [4.69, 9.17) is 9.84 Å². The average molecular weight is 244 g/mol. The number of hydrogen-bond donors (Lipinski definition) is 1. The molecule has 1 aliphatic carbocycles. The second-order valence-electron chi connectivity index (χ2n) is 4.33. The van der Waals surface area contributed by atoms with Crippen LogP contribution in [-0.4, -0.2) is 17.7 Å². The molecule has 2 rings (SSSR count). The summed E-state index contributed by atoms with van der Waals surface area (Å²) in [5.41, 5.74) is 2.34. The standard InChI is InChI=1S/C15H16O3/c1-11-7-8-13(15(16)17)9-14(11)18-10-12-5-3-2-4-6-12/h3,5-9H,2,4,10H2,1H3,(H,16,17). The van der Waals surface area contributed by atoms with Gasteiger partial charge in [-0.25, -0.2) is 4.79 Å². The maximum atomic E-state index is 10.9. The number of benzene rings is 1. The molecule has 18 heavy (non-hydrogen) atoms. The van der Waals surface area contributed by atoms with Crippen molar-refractivity contribution in [2.24, 2.45) is 0 Å². The number of rotatable bonds is 4. The van der Waals surface area contributed by atoms with Gasteiger partial charge in [-0.15, -0.1) is 0 Å². The molecule has 0 spiro atoms. The lowest BCUT2D eigenvalue weighted by molar-refractivity contribution is 0.0696. The Morgan fingerprint density at radius 2 is 2.22 bits per heavy atom. The second kappa shape index (κ2) is 5.54. The van der Waals surface area contributed by atoms with E-state index >= 15 is 0 Å². The Morgan fingerprint density at radius 1 is 1.39 bits per heavy atom. The zero-order valence-electron chi connectivity index (χ0n) is 10.3. The molecule has 0 bridgehead atoms. The molecule has 3 nitrogen and oxygen atoms in total. The SMILES string of the molecule is Cc1ccc(C(=O)O)cc1OCC1=CCCC=C1. The van der Waals surface area contributed by atoms with Gasteiger partial charge in [-0.05, 0) is 43.0 Å². The van der Waals surface area contributed by atoms with E-state index in [0.717, 1.165) is 24.0 Å². The highest BCUT2D eigenvalue weighted by Gasteiger charge is 2.07. The van der Waals surface area contributed by atoms with Gasteiger partial charge in [0.2, 0.25) is 0 Å². The summed E-state index contributed by atoms with van der Waals surface area (Å²) in [6.45, 7) is 2.40. The number of ether oxygens (including phenoxy) is 1. The van der Waals surface area contributed by atoms with Crippen molar-refractivity contribution in [3.8, 4) is 5.75 Å². The van der Waals surface area contributed by atoms with E-state index in [1.807, 2.05) is 6.92 Å². The number of carboxylic acid groups (broad SMARTS) is 1. The van der Waals surface area contributed by atoms with Crippen molar-refractivity contribution in [2.45, 2.75) is 19.8 Å². The molecule has 0 radical (unpaired) electrons. The van der Waals surface area contributed by atoms with Crippen molar-refractivity contribution in [1.82, 2.24) is 0 Å². The molecule has 1 N–H and O–H groups in total. The van der Waals surface area contributed by atoms with Crippen molar-refractivity contribution in [2.75, 3.05) is 6.61 Å². The van der Waals surface area contributed by atoms with E-state index in [1.165, 1.54) is 0 Å². The van der Waals surface area contributed by atoms with Crippen molar-refractivity contribution in [3.63, 3.8) is 0 Å². The van der Waals surface area contributed by atoms with Crippen LogP contribution in [0.5, 0.6) is 5.75 Å². The van der Waals surface area contributed by atoms with Gasteiger partial charge in [-0.2, -0.15) is 0 Å². The third-order valence-electron chi connectivity index (χ3n) is 2.90. The van der Waals surface area contributed by atoms with Gasteiger partial charge in [0.25, 0.3) is 0 Å². The maximum absolute atomic E-state index is 10.9. The first-order chi connectivity index (χ1) is 8.66. The molecule has 3 heteroatoms. The summed E-state index contributed by atoms with van der Waals surface area (Å²) in [7, 11) is 0. The van der Waals surface area contributed by atoms with Crippen LogP contribution in [0.15, 0.2) is 42.0 Å². The lowest BCUT2D eigenvalue weighted by Crippen LogP contribution is -2.04. The molecule has 0 aromatic heterocycles. The van der Waals surface area contributed by atoms with E-state index in [-0.39, 0.29) is 5.56 Å². The predicted molar refractivity (Wildman–Crippen MR) is 70.1 cm³/mol. The Bertz CT molecular complexity index is 512. The Balaban J connectivity index is 2.08. The number of aromatic carboxylic acids is 1. The highest BCUT2D eigenvalue weighted by Crippen LogP contribution is 2.21. The average Bonchev–Trinajstić information content (AvgIpc) is 2.38. The molecule has 0 saturated carbocycles. The molecule has 0 saturated heterocycles. The first kappa shape index (κ1) is 12.4. The van der Waals surface area contributed by atoms with Crippen LogP contribution < -0.4 is 4.74 Å². The van der Waals surface area contributed by atoms with Crippen LogP contribution in [0.2, 0.25) is 0 Å². The van der Waals surface area contributed by atoms with Crippen LogP contribution in [0.25, 0.3) is 0 Å². The normalized spacial score (nSPS) is 14.2. The van der Waals surface area contributed by atoms with Gasteiger partial charge < -0.3 is 9.84 Å². The third-order valence-corrected chi connectivity index (χ3v) is 2.90. The molecule has 1 aromatic rings. The highest BCUT2D eigenvalue weighted by molar-refractivity contribution is 5.88. The van der Waals surface area contributed by atoms with Crippen LogP contribution in [-0.2, 0) is 0 Å². The van der Waals surface area contributed by atoms with Gasteiger partial charge in [0.15, 0.2) is 0 Å². The molecule has 0 aliphatic heterocycles. The summed E-state index contributed by atoms with van der Waals surface area (Å²) in [4.78, 5) is 10.9. The molecule has 0 heterocycles. The number of aryl methyl sites for hydroxylation is 1. The molecular weight excluding hydrogens is 228 g/mol. The van der Waals surface area contributed by atoms with Gasteiger partial charge in [0.1, 0.15) is 12.4 Å². The van der Waals surface area contributed by atoms with Crippen molar-refractivity contribution < 1.29 is 14.6 Å². The van der Waals surface area contributed by atoms with Crippen LogP contribution in [0.1, 0.15) is 28.8 Å². The fourth-order valence-electron chi connectivity index (χ4n) is 1.82. The Hall–Kier alpha value is -2.03. The lowest BCUT2D eigenvalue weighted by Gasteiger charge is -2.12. The Morgan fingerprint density at radius 3 is 2.89 bits per heavy atom. The third kappa shape index (κ3) is 3.00. The van der Waals surface area contributed by atoms with E-state index in [2.05, 4.69) is 18.2 Å². The van der Waals surface area contributed by atoms with Gasteiger partial charge >= 0.3 is 5.97 Å². The van der Waals surface area contributed by atoms with Crippen LogP contribution in [0, 0.1) is 6.92 Å². The lowest BCUT2D eigenvalue weighted by atomic mass is 10.1. The molecule has 0 fully saturated rings. The van der Waals surface area contributed by atoms with E-state index < -0.39 is 5.97 Å². The second-order valence-corrected chi connectivity index (χ2v) is 4.33. The molecule has 1 aromatic carbocycles. The van der Waals surface area contributed by atoms with Gasteiger partial charge in [-0.3, -0.25) is 0 Å². The quantitative estimate of drug-likeness (QED) is 0.883. The fraction of sp³-hybridized carbons (Fsp3) is 0.267. The smallest absolute Gasteiger partial charge is 0.335 e. The highest BCUT2D eigenvalue weighted by atomic mass is 16.5. The monoisotopic (exact) mass is 244 g/mol. The molecule has 1 aliphatic rings. The van der Waals surface area contributed by atoms with Gasteiger partial charge in [0.05, 0.1) is 5.56 Å². The largest absolute Gasteiger partial charge is 0.489 e. The molecule has 0 atom stereocenters. The zero-order valence-corrected chi connectivity index (χ0v) is 10.3. The minimum atomic E-state index is -0.934. The molecule has 94 valence electrons. The Kier molecular flexibility index (Phi) is 3.82. The van der Waals surface area contributed by atoms with Crippen molar-refractivity contribution in [3.05, 3.63) is 53.1 Å². The summed E-state index contributed by atoms with van der Waals surface area (Å²) in [5, 5.41) is 8.94. The molecular formula is C15H16O3. The Labute approximate surface area is 106 Å². The first-order valence-electron chi connectivity index (χ1n) is 5.99. The van der Waals surface area contributed by atoms with Crippen molar-refractivity contribution in [1.29, 1.82) is 0 Å². The fourth-order valence-corrected chi connectivity index (χ4v) is 1.82. The van der Waals surface area contributed by atoms with E-state index in [9.17, 15) is 4.79 Å². The minimum absolute atomic E-state index is 0.253. The summed E-state index contributed by atoms with van der Waals surface area (Å²) in [6, 6.07) is 4.93. The van der Waals surface area contributed by atoms with Crippen LogP contribution in [0.3, 0.4) is 0 Å². The number of hydrogen-bond acceptors (Lipinski definition) is 2. The molecule has 0 amide bonds. The number of carboxylic acids is 1. The van der Waals surface area contributed by atoms with E-state index in [0.29, 0.717) is 12.4 Å². The topological polar surface area (TPSA) is 46.5 Å². The van der Waals surface area contributed by atoms with Gasteiger partial charge in [-0.1, -0.05) is 24.3 Å². The first-order valence-corrected chi connectivity index (χ1v) is 5.99. The summed E-state index contributed by atoms with van der Waals surface area (Å²) in [6.07, 6.45) is 8.45. The molecule has 0 unspecified atom stereocenters. The zero-order chi connectivity index (χ0) is 13.0. The predicted octanol–water partition coefficient (Wildman–Crippen LogP) is 3.35. The summed E-state index contributed by atoms with van der Waals surface area (Å²) < 4.78 is 5.68. The van der Waals surface area contributed by atoms with Crippen molar-refractivity contribution >= 4 is 5.97 Å².